The molecule has 0 aliphatic rings. The van der Waals surface area contributed by atoms with Crippen LogP contribution in [0.15, 0.2) is 40.9 Å². The Morgan fingerprint density at radius 2 is 2.15 bits per heavy atom. The number of aromatic amines is 1. The Morgan fingerprint density at radius 1 is 1.35 bits per heavy atom. The van der Waals surface area contributed by atoms with Gasteiger partial charge in [0.25, 0.3) is 5.91 Å². The number of nitrogens with zero attached hydrogens (tertiary/aromatic N) is 3. The smallest absolute Gasteiger partial charge is 0.253 e. The molecule has 0 atom stereocenters. The predicted octanol–water partition coefficient (Wildman–Crippen LogP) is 4.02. The van der Waals surface area contributed by atoms with E-state index in [2.05, 4.69) is 36.4 Å². The summed E-state index contributed by atoms with van der Waals surface area (Å²) in [5.41, 5.74) is 3.04. The van der Waals surface area contributed by atoms with Crippen molar-refractivity contribution in [1.82, 2.24) is 25.1 Å². The Balaban J connectivity index is 1.76. The molecule has 0 aliphatic heterocycles. The number of aryl methyl sites for hydroxylation is 1. The van der Waals surface area contributed by atoms with Gasteiger partial charge in [0.15, 0.2) is 10.6 Å². The fourth-order valence-corrected chi connectivity index (χ4v) is 3.35. The quantitative estimate of drug-likeness (QED) is 0.598. The van der Waals surface area contributed by atoms with E-state index in [-0.39, 0.29) is 5.91 Å². The highest BCUT2D eigenvalue weighted by Crippen LogP contribution is 2.22. The van der Waals surface area contributed by atoms with Crippen LogP contribution in [0.4, 0.5) is 0 Å². The van der Waals surface area contributed by atoms with Gasteiger partial charge in [0, 0.05) is 16.6 Å². The normalized spacial score (nSPS) is 10.7. The van der Waals surface area contributed by atoms with Crippen LogP contribution in [0.1, 0.15) is 28.8 Å². The van der Waals surface area contributed by atoms with Crippen LogP contribution in [-0.2, 0) is 13.1 Å². The minimum Gasteiger partial charge on any atom is -0.345 e. The van der Waals surface area contributed by atoms with Crippen LogP contribution in [0.25, 0.3) is 11.3 Å². The maximum Gasteiger partial charge on any atom is 0.253 e. The minimum absolute atomic E-state index is 0.188. The second-order valence-corrected chi connectivity index (χ2v) is 7.01. The van der Waals surface area contributed by atoms with Gasteiger partial charge in [0.2, 0.25) is 0 Å². The zero-order chi connectivity index (χ0) is 18.7. The summed E-state index contributed by atoms with van der Waals surface area (Å²) in [6.45, 7) is 4.80. The third-order valence-electron chi connectivity index (χ3n) is 4.01. The number of benzene rings is 1. The Morgan fingerprint density at radius 3 is 2.85 bits per heavy atom. The largest absolute Gasteiger partial charge is 0.345 e. The number of H-pyrrole nitrogens is 1. The third-order valence-corrected chi connectivity index (χ3v) is 4.82. The molecule has 2 heterocycles. The summed E-state index contributed by atoms with van der Waals surface area (Å²) in [6.07, 6.45) is 0. The summed E-state index contributed by atoms with van der Waals surface area (Å²) >= 11 is 8.62. The molecule has 3 aromatic rings. The maximum atomic E-state index is 12.5. The Hall–Kier alpha value is -2.32. The number of aromatic nitrogens is 4. The number of hydrogen-bond acceptors (Lipinski definition) is 4. The monoisotopic (exact) mass is 431 g/mol. The molecule has 0 radical (unpaired) electrons. The van der Waals surface area contributed by atoms with Crippen molar-refractivity contribution in [3.63, 3.8) is 0 Å². The summed E-state index contributed by atoms with van der Waals surface area (Å²) in [6, 6.07) is 11.5. The van der Waals surface area contributed by atoms with Crippen molar-refractivity contribution in [3.05, 3.63) is 62.7 Å². The molecule has 0 fully saturated rings. The summed E-state index contributed by atoms with van der Waals surface area (Å²) in [5.74, 6) is 0.509. The fourth-order valence-electron chi connectivity index (χ4n) is 2.68. The molecule has 0 spiro atoms. The lowest BCUT2D eigenvalue weighted by Crippen LogP contribution is -2.25. The molecule has 0 bridgehead atoms. The summed E-state index contributed by atoms with van der Waals surface area (Å²) < 4.78 is 3.38. The molecule has 1 amide bonds. The first-order chi connectivity index (χ1) is 12.5. The van der Waals surface area contributed by atoms with Gasteiger partial charge >= 0.3 is 0 Å². The molecule has 0 aliphatic carbocycles. The number of pyridine rings is 1. The second-order valence-electron chi connectivity index (χ2n) is 5.71. The average Bonchev–Trinajstić information content (AvgIpc) is 2.99. The number of nitrogens with one attached hydrogen (secondary N) is 2. The molecular formula is C18H18BrN5OS. The van der Waals surface area contributed by atoms with Crippen molar-refractivity contribution >= 4 is 34.1 Å². The number of carbonyl (C=O) groups is 1. The van der Waals surface area contributed by atoms with Crippen molar-refractivity contribution in [3.8, 4) is 11.3 Å². The molecule has 1 aromatic carbocycles. The van der Waals surface area contributed by atoms with E-state index in [1.807, 2.05) is 48.7 Å². The van der Waals surface area contributed by atoms with E-state index in [4.69, 9.17) is 12.2 Å². The lowest BCUT2D eigenvalue weighted by Gasteiger charge is -2.09. The molecule has 8 heteroatoms. The highest BCUT2D eigenvalue weighted by atomic mass is 79.9. The lowest BCUT2D eigenvalue weighted by molar-refractivity contribution is 0.0948. The number of rotatable bonds is 5. The molecule has 6 nitrogen and oxygen atoms in total. The van der Waals surface area contributed by atoms with Crippen LogP contribution in [0.3, 0.4) is 0 Å². The minimum atomic E-state index is -0.188. The predicted molar refractivity (Wildman–Crippen MR) is 106 cm³/mol. The van der Waals surface area contributed by atoms with Crippen LogP contribution in [0, 0.1) is 11.7 Å². The zero-order valence-electron chi connectivity index (χ0n) is 14.4. The van der Waals surface area contributed by atoms with E-state index in [9.17, 15) is 4.79 Å². The van der Waals surface area contributed by atoms with E-state index in [0.717, 1.165) is 15.7 Å². The Labute approximate surface area is 164 Å². The Bertz CT molecular complexity index is 1010. The molecule has 2 N–H and O–H groups in total. The van der Waals surface area contributed by atoms with Gasteiger partial charge < -0.3 is 9.88 Å². The molecular weight excluding hydrogens is 414 g/mol. The van der Waals surface area contributed by atoms with Crippen LogP contribution in [0.2, 0.25) is 0 Å². The number of hydrogen-bond donors (Lipinski definition) is 2. The van der Waals surface area contributed by atoms with E-state index in [1.54, 1.807) is 6.07 Å². The standard InChI is InChI=1S/C18H18BrN5OS/c1-3-24-16(22-23-18(24)26)10-20-17(25)14-7-8-15(21-11(14)2)12-5-4-6-13(19)9-12/h4-9H,3,10H2,1-2H3,(H,20,25)(H,23,26). The van der Waals surface area contributed by atoms with Crippen LogP contribution < -0.4 is 5.32 Å². The molecule has 26 heavy (non-hydrogen) atoms. The van der Waals surface area contributed by atoms with E-state index in [0.29, 0.717) is 34.9 Å². The number of carbonyl (C=O) groups excluding carboxylic acids is 1. The number of halogens is 1. The van der Waals surface area contributed by atoms with Crippen molar-refractivity contribution in [2.45, 2.75) is 26.9 Å². The van der Waals surface area contributed by atoms with Gasteiger partial charge in [-0.15, -0.1) is 0 Å². The number of amides is 1. The lowest BCUT2D eigenvalue weighted by atomic mass is 10.1. The van der Waals surface area contributed by atoms with Gasteiger partial charge in [-0.2, -0.15) is 5.10 Å². The Kier molecular flexibility index (Phi) is 5.63. The van der Waals surface area contributed by atoms with Crippen molar-refractivity contribution in [2.75, 3.05) is 0 Å². The fraction of sp³-hybridized carbons (Fsp3) is 0.222. The van der Waals surface area contributed by atoms with Gasteiger partial charge in [-0.05, 0) is 50.3 Å². The first kappa shape index (κ1) is 18.5. The van der Waals surface area contributed by atoms with Crippen LogP contribution in [0.5, 0.6) is 0 Å². The average molecular weight is 432 g/mol. The third kappa shape index (κ3) is 3.91. The van der Waals surface area contributed by atoms with Gasteiger partial charge in [-0.25, -0.2) is 0 Å². The zero-order valence-corrected chi connectivity index (χ0v) is 16.8. The molecule has 0 saturated heterocycles. The molecule has 0 unspecified atom stereocenters. The van der Waals surface area contributed by atoms with Crippen molar-refractivity contribution in [2.24, 2.45) is 0 Å². The van der Waals surface area contributed by atoms with Crippen molar-refractivity contribution < 1.29 is 4.79 Å². The topological polar surface area (TPSA) is 75.6 Å². The summed E-state index contributed by atoms with van der Waals surface area (Å²) in [5, 5.41) is 9.77. The molecule has 0 saturated carbocycles. The first-order valence-electron chi connectivity index (χ1n) is 8.15. The highest BCUT2D eigenvalue weighted by molar-refractivity contribution is 9.10. The molecule has 3 rings (SSSR count). The van der Waals surface area contributed by atoms with E-state index < -0.39 is 0 Å². The molecule has 134 valence electrons. The van der Waals surface area contributed by atoms with Gasteiger partial charge in [0.1, 0.15) is 0 Å². The van der Waals surface area contributed by atoms with Crippen LogP contribution in [-0.4, -0.2) is 25.7 Å². The summed E-state index contributed by atoms with van der Waals surface area (Å²) in [7, 11) is 0. The van der Waals surface area contributed by atoms with Gasteiger partial charge in [0.05, 0.1) is 23.5 Å². The maximum absolute atomic E-state index is 12.5. The van der Waals surface area contributed by atoms with Crippen molar-refractivity contribution in [1.29, 1.82) is 0 Å². The SMILES string of the molecule is CCn1c(CNC(=O)c2ccc(-c3cccc(Br)c3)nc2C)n[nH]c1=S. The first-order valence-corrected chi connectivity index (χ1v) is 9.35. The molecule has 2 aromatic heterocycles. The highest BCUT2D eigenvalue weighted by Gasteiger charge is 2.13. The van der Waals surface area contributed by atoms with Crippen LogP contribution >= 0.6 is 28.1 Å². The summed E-state index contributed by atoms with van der Waals surface area (Å²) in [4.78, 5) is 17.1. The van der Waals surface area contributed by atoms with Gasteiger partial charge in [-0.1, -0.05) is 28.1 Å². The van der Waals surface area contributed by atoms with E-state index >= 15 is 0 Å². The van der Waals surface area contributed by atoms with Gasteiger partial charge in [-0.3, -0.25) is 14.9 Å². The second kappa shape index (κ2) is 7.92. The van der Waals surface area contributed by atoms with E-state index in [1.165, 1.54) is 0 Å².